The second-order valence-electron chi connectivity index (χ2n) is 17.3. The van der Waals surface area contributed by atoms with Gasteiger partial charge >= 0.3 is 12.1 Å². The summed E-state index contributed by atoms with van der Waals surface area (Å²) in [6.45, 7) is 14.1. The van der Waals surface area contributed by atoms with Crippen molar-refractivity contribution in [2.75, 3.05) is 26.9 Å². The van der Waals surface area contributed by atoms with Crippen LogP contribution in [0.25, 0.3) is 11.1 Å². The number of fused-ring (bicyclic) bond motifs is 4. The molecule has 0 bridgehead atoms. The maximum Gasteiger partial charge on any atom is 0.407 e. The van der Waals surface area contributed by atoms with Crippen LogP contribution >= 0.6 is 22.6 Å². The Kier molecular flexibility index (Phi) is 15.8. The third-order valence-corrected chi connectivity index (χ3v) is 15.1. The fourth-order valence-corrected chi connectivity index (χ4v) is 10.9. The van der Waals surface area contributed by atoms with E-state index in [1.807, 2.05) is 64.1 Å². The van der Waals surface area contributed by atoms with Crippen molar-refractivity contribution in [2.45, 2.75) is 109 Å². The van der Waals surface area contributed by atoms with Crippen molar-refractivity contribution < 1.29 is 41.7 Å². The van der Waals surface area contributed by atoms with E-state index in [0.717, 1.165) is 48.9 Å². The van der Waals surface area contributed by atoms with Gasteiger partial charge in [-0.15, -0.1) is 0 Å². The SMILES string of the molecule is CCCOc1ccc(C[C@H](NC(=O)[C@H](CCCNC(=N)NS(=O)(=O)c2c(C)c(C)c3c(c2C)C[C@@H](C)C(C)(C)O3)NC(=O)OCC2c3ccccc3-c3cccc(I)c32)C(=O)OC)cc1. The minimum Gasteiger partial charge on any atom is -0.494 e. The summed E-state index contributed by atoms with van der Waals surface area (Å²) in [6.07, 6.45) is 1.01. The summed E-state index contributed by atoms with van der Waals surface area (Å²) >= 11 is 2.29. The highest BCUT2D eigenvalue weighted by atomic mass is 127. The minimum atomic E-state index is -4.20. The normalized spacial score (nSPS) is 16.6. The van der Waals surface area contributed by atoms with Gasteiger partial charge in [-0.25, -0.2) is 22.7 Å². The summed E-state index contributed by atoms with van der Waals surface area (Å²) in [6, 6.07) is 19.0. The van der Waals surface area contributed by atoms with E-state index < -0.39 is 51.6 Å². The zero-order chi connectivity index (χ0) is 47.2. The number of amides is 2. The topological polar surface area (TPSA) is 194 Å². The van der Waals surface area contributed by atoms with Gasteiger partial charge in [0.25, 0.3) is 10.0 Å². The van der Waals surface area contributed by atoms with Crippen molar-refractivity contribution >= 4 is 56.5 Å². The fourth-order valence-electron chi connectivity index (χ4n) is 8.50. The van der Waals surface area contributed by atoms with Gasteiger partial charge in [0.05, 0.1) is 18.6 Å². The van der Waals surface area contributed by atoms with Gasteiger partial charge in [-0.05, 0) is 157 Å². The highest BCUT2D eigenvalue weighted by molar-refractivity contribution is 14.1. The Hall–Kier alpha value is -5.36. The molecule has 14 nitrogen and oxygen atoms in total. The van der Waals surface area contributed by atoms with Gasteiger partial charge in [-0.3, -0.25) is 10.2 Å². The number of ether oxygens (including phenoxy) is 4. The van der Waals surface area contributed by atoms with Crippen LogP contribution in [0, 0.1) is 35.7 Å². The molecule has 0 saturated heterocycles. The summed E-state index contributed by atoms with van der Waals surface area (Å²) < 4.78 is 54.1. The monoisotopic (exact) mass is 1020 g/mol. The zero-order valence-electron chi connectivity index (χ0n) is 38.3. The molecule has 0 radical (unpaired) electrons. The highest BCUT2D eigenvalue weighted by Gasteiger charge is 2.38. The molecular weight excluding hydrogens is 962 g/mol. The van der Waals surface area contributed by atoms with Crippen molar-refractivity contribution in [2.24, 2.45) is 5.92 Å². The minimum absolute atomic E-state index is 0.0124. The molecule has 1 heterocycles. The standard InChI is InChI=1S/C49H60IN5O9S/c1-9-24-62-33-21-19-32(20-22-33)26-41(46(57)61-8)53-45(56)40(54-48(58)63-27-38-35-15-11-10-14-34(35)36-16-12-17-39(50)42(36)38)18-13-23-52-47(51)55-65(59,60)44-30(4)29(3)43-37(31(44)5)25-28(2)49(6,7)64-43/h10-12,14-17,19-22,28,38,40-41H,9,13,18,23-27H2,1-8H3,(H,53,56)(H,54,58)(H3,51,52,55)/t28-,38?,40+,41+/m1/s1. The van der Waals surface area contributed by atoms with Gasteiger partial charge in [0.2, 0.25) is 11.9 Å². The third-order valence-electron chi connectivity index (χ3n) is 12.5. The Bertz CT molecular complexity index is 2550. The summed E-state index contributed by atoms with van der Waals surface area (Å²) in [5.41, 5.74) is 7.27. The van der Waals surface area contributed by atoms with Crippen LogP contribution in [0.4, 0.5) is 4.79 Å². The Morgan fingerprint density at radius 2 is 1.65 bits per heavy atom. The number of nitrogens with one attached hydrogen (secondary N) is 5. The van der Waals surface area contributed by atoms with Crippen LogP contribution in [0.5, 0.6) is 11.5 Å². The average Bonchev–Trinajstić information content (AvgIpc) is 3.59. The lowest BCUT2D eigenvalue weighted by molar-refractivity contribution is -0.145. The van der Waals surface area contributed by atoms with Gasteiger partial charge in [0.1, 0.15) is 35.8 Å². The number of rotatable bonds is 17. The number of hydrogen-bond donors (Lipinski definition) is 5. The van der Waals surface area contributed by atoms with Crippen molar-refractivity contribution in [3.05, 3.63) is 109 Å². The molecule has 1 aliphatic heterocycles. The van der Waals surface area contributed by atoms with Crippen molar-refractivity contribution in [3.8, 4) is 22.6 Å². The molecule has 1 unspecified atom stereocenters. The predicted molar refractivity (Wildman–Crippen MR) is 258 cm³/mol. The van der Waals surface area contributed by atoms with E-state index in [1.165, 1.54) is 7.11 Å². The Labute approximate surface area is 396 Å². The first-order valence-corrected chi connectivity index (χ1v) is 24.5. The molecular formula is C49H60IN5O9S. The summed E-state index contributed by atoms with van der Waals surface area (Å²) in [4.78, 5) is 40.8. The number of alkyl carbamates (subject to hydrolysis) is 1. The molecule has 6 rings (SSSR count). The molecule has 0 aromatic heterocycles. The Balaban J connectivity index is 1.14. The van der Waals surface area contributed by atoms with Crippen LogP contribution in [0.1, 0.15) is 91.8 Å². The number of carbonyl (C=O) groups excluding carboxylic acids is 3. The van der Waals surface area contributed by atoms with Crippen LogP contribution < -0.4 is 30.1 Å². The van der Waals surface area contributed by atoms with E-state index in [4.69, 9.17) is 24.4 Å². The van der Waals surface area contributed by atoms with Crippen molar-refractivity contribution in [1.29, 1.82) is 5.41 Å². The Morgan fingerprint density at radius 1 is 0.938 bits per heavy atom. The number of carbonyl (C=O) groups is 3. The average molecular weight is 1020 g/mol. The quantitative estimate of drug-likeness (QED) is 0.0230. The van der Waals surface area contributed by atoms with E-state index in [0.29, 0.717) is 35.7 Å². The first kappa shape index (κ1) is 49.1. The molecule has 1 aliphatic carbocycles. The van der Waals surface area contributed by atoms with Gasteiger partial charge in [0, 0.05) is 22.5 Å². The summed E-state index contributed by atoms with van der Waals surface area (Å²) in [7, 11) is -2.97. The first-order valence-electron chi connectivity index (χ1n) is 21.9. The molecule has 4 atom stereocenters. The third kappa shape index (κ3) is 11.2. The smallest absolute Gasteiger partial charge is 0.407 e. The Morgan fingerprint density at radius 3 is 2.35 bits per heavy atom. The van der Waals surface area contributed by atoms with E-state index in [-0.39, 0.29) is 49.1 Å². The number of halogens is 1. The van der Waals surface area contributed by atoms with Crippen LogP contribution in [0.15, 0.2) is 71.6 Å². The molecule has 4 aromatic carbocycles. The molecule has 0 spiro atoms. The number of methoxy groups -OCH3 is 1. The van der Waals surface area contributed by atoms with Crippen molar-refractivity contribution in [3.63, 3.8) is 0 Å². The maximum atomic E-state index is 14.1. The number of hydrogen-bond acceptors (Lipinski definition) is 10. The summed E-state index contributed by atoms with van der Waals surface area (Å²) in [5, 5.41) is 16.8. The molecule has 5 N–H and O–H groups in total. The second-order valence-corrected chi connectivity index (χ2v) is 20.1. The van der Waals surface area contributed by atoms with E-state index in [1.54, 1.807) is 38.1 Å². The van der Waals surface area contributed by atoms with Crippen molar-refractivity contribution in [1.82, 2.24) is 20.7 Å². The number of sulfonamides is 1. The number of guanidine groups is 1. The molecule has 2 aliphatic rings. The molecule has 2 amide bonds. The van der Waals surface area contributed by atoms with Gasteiger partial charge in [0.15, 0.2) is 0 Å². The van der Waals surface area contributed by atoms with E-state index in [2.05, 4.69) is 56.3 Å². The summed E-state index contributed by atoms with van der Waals surface area (Å²) in [5.74, 6) is -0.484. The molecule has 4 aromatic rings. The maximum absolute atomic E-state index is 14.1. The van der Waals surface area contributed by atoms with Crippen LogP contribution in [0.3, 0.4) is 0 Å². The first-order chi connectivity index (χ1) is 30.9. The molecule has 65 heavy (non-hydrogen) atoms. The lowest BCUT2D eigenvalue weighted by atomic mass is 9.81. The number of benzene rings is 4. The predicted octanol–water partition coefficient (Wildman–Crippen LogP) is 7.75. The highest BCUT2D eigenvalue weighted by Crippen LogP contribution is 2.47. The zero-order valence-corrected chi connectivity index (χ0v) is 41.3. The molecule has 16 heteroatoms. The molecule has 0 saturated carbocycles. The van der Waals surface area contributed by atoms with Crippen LogP contribution in [-0.2, 0) is 41.9 Å². The number of esters is 1. The second kappa shape index (κ2) is 20.9. The lowest BCUT2D eigenvalue weighted by Gasteiger charge is -2.40. The molecule has 0 fully saturated rings. The van der Waals surface area contributed by atoms with Crippen LogP contribution in [-0.4, -0.2) is 76.9 Å². The van der Waals surface area contributed by atoms with Gasteiger partial charge < -0.3 is 34.9 Å². The lowest BCUT2D eigenvalue weighted by Crippen LogP contribution is -2.52. The largest absolute Gasteiger partial charge is 0.494 e. The fraction of sp³-hybridized carbons (Fsp3) is 0.429. The van der Waals surface area contributed by atoms with Gasteiger partial charge in [-0.1, -0.05) is 62.4 Å². The molecule has 348 valence electrons. The van der Waals surface area contributed by atoms with Crippen LogP contribution in [0.2, 0.25) is 0 Å². The van der Waals surface area contributed by atoms with E-state index >= 15 is 0 Å². The van der Waals surface area contributed by atoms with E-state index in [9.17, 15) is 22.8 Å². The van der Waals surface area contributed by atoms with Gasteiger partial charge in [-0.2, -0.15) is 0 Å².